The summed E-state index contributed by atoms with van der Waals surface area (Å²) in [6.45, 7) is 7.12. The Labute approximate surface area is 123 Å². The van der Waals surface area contributed by atoms with Crippen LogP contribution in [0.2, 0.25) is 0 Å². The summed E-state index contributed by atoms with van der Waals surface area (Å²) in [7, 11) is 1.73. The van der Waals surface area contributed by atoms with Crippen molar-refractivity contribution in [3.05, 3.63) is 34.1 Å². The van der Waals surface area contributed by atoms with E-state index in [2.05, 4.69) is 42.0 Å². The van der Waals surface area contributed by atoms with Gasteiger partial charge < -0.3 is 10.1 Å². The van der Waals surface area contributed by atoms with Crippen molar-refractivity contribution in [1.29, 1.82) is 0 Å². The third-order valence-corrected chi connectivity index (χ3v) is 4.70. The van der Waals surface area contributed by atoms with Crippen LogP contribution >= 0.6 is 15.9 Å². The average molecular weight is 332 g/mol. The molecule has 1 aromatic carbocycles. The first-order valence-electron chi connectivity index (χ1n) is 6.69. The van der Waals surface area contributed by atoms with E-state index in [1.807, 2.05) is 6.07 Å². The molecule has 0 amide bonds. The molecule has 108 valence electrons. The molecular formula is C15H23BrFNO. The molecule has 2 atom stereocenters. The second kappa shape index (κ2) is 7.36. The van der Waals surface area contributed by atoms with Crippen LogP contribution in [0.3, 0.4) is 0 Å². The van der Waals surface area contributed by atoms with Crippen molar-refractivity contribution < 1.29 is 9.13 Å². The molecule has 2 unspecified atom stereocenters. The normalized spacial score (nSPS) is 16.1. The molecule has 0 aromatic heterocycles. The van der Waals surface area contributed by atoms with Crippen LogP contribution < -0.4 is 5.32 Å². The Morgan fingerprint density at radius 3 is 2.63 bits per heavy atom. The van der Waals surface area contributed by atoms with Crippen LogP contribution in [-0.4, -0.2) is 25.3 Å². The first-order valence-corrected chi connectivity index (χ1v) is 7.49. The number of hydrogen-bond acceptors (Lipinski definition) is 2. The number of rotatable bonds is 7. The predicted octanol–water partition coefficient (Wildman–Crippen LogP) is 3.92. The fraction of sp³-hybridized carbons (Fsp3) is 0.600. The van der Waals surface area contributed by atoms with Gasteiger partial charge in [0.15, 0.2) is 0 Å². The summed E-state index contributed by atoms with van der Waals surface area (Å²) in [5.74, 6) is -0.219. The van der Waals surface area contributed by atoms with Crippen molar-refractivity contribution in [2.24, 2.45) is 0 Å². The highest BCUT2D eigenvalue weighted by Gasteiger charge is 2.32. The minimum absolute atomic E-state index is 0.144. The molecule has 1 rings (SSSR count). The Balaban J connectivity index is 2.98. The van der Waals surface area contributed by atoms with Crippen LogP contribution in [0, 0.1) is 5.82 Å². The zero-order chi connectivity index (χ0) is 14.5. The van der Waals surface area contributed by atoms with Gasteiger partial charge in [0.05, 0.1) is 10.1 Å². The molecule has 0 bridgehead atoms. The Bertz CT molecular complexity index is 407. The van der Waals surface area contributed by atoms with E-state index in [0.29, 0.717) is 4.47 Å². The lowest BCUT2D eigenvalue weighted by Crippen LogP contribution is -2.51. The maximum atomic E-state index is 13.6. The lowest BCUT2D eigenvalue weighted by molar-refractivity contribution is -0.0284. The molecule has 0 spiro atoms. The van der Waals surface area contributed by atoms with Crippen LogP contribution in [0.1, 0.15) is 32.8 Å². The molecular weight excluding hydrogens is 309 g/mol. The van der Waals surface area contributed by atoms with Crippen molar-refractivity contribution in [2.75, 3.05) is 13.7 Å². The van der Waals surface area contributed by atoms with Crippen LogP contribution in [0.15, 0.2) is 22.7 Å². The third-order valence-electron chi connectivity index (χ3n) is 3.81. The fourth-order valence-corrected chi connectivity index (χ4v) is 2.64. The molecule has 0 saturated carbocycles. The Morgan fingerprint density at radius 2 is 2.11 bits per heavy atom. The van der Waals surface area contributed by atoms with Gasteiger partial charge in [-0.3, -0.25) is 0 Å². The molecule has 0 aliphatic heterocycles. The van der Waals surface area contributed by atoms with E-state index in [-0.39, 0.29) is 17.5 Å². The number of hydrogen-bond donors (Lipinski definition) is 1. The van der Waals surface area contributed by atoms with Crippen molar-refractivity contribution in [3.63, 3.8) is 0 Å². The molecule has 0 radical (unpaired) electrons. The summed E-state index contributed by atoms with van der Waals surface area (Å²) in [4.78, 5) is 0. The number of benzene rings is 1. The van der Waals surface area contributed by atoms with E-state index in [1.165, 1.54) is 6.07 Å². The average Bonchev–Trinajstić information content (AvgIpc) is 2.42. The smallest absolute Gasteiger partial charge is 0.137 e. The summed E-state index contributed by atoms with van der Waals surface area (Å²) in [6.07, 6.45) is 1.62. The molecule has 0 aliphatic rings. The van der Waals surface area contributed by atoms with Gasteiger partial charge in [-0.25, -0.2) is 4.39 Å². The van der Waals surface area contributed by atoms with Crippen molar-refractivity contribution in [3.8, 4) is 0 Å². The van der Waals surface area contributed by atoms with Gasteiger partial charge in [-0.2, -0.15) is 0 Å². The van der Waals surface area contributed by atoms with Gasteiger partial charge in [0.25, 0.3) is 0 Å². The Kier molecular flexibility index (Phi) is 6.43. The van der Waals surface area contributed by atoms with Crippen molar-refractivity contribution in [2.45, 2.75) is 45.3 Å². The third kappa shape index (κ3) is 4.01. The van der Waals surface area contributed by atoms with Gasteiger partial charge in [0.1, 0.15) is 5.82 Å². The first-order chi connectivity index (χ1) is 8.98. The van der Waals surface area contributed by atoms with Crippen molar-refractivity contribution >= 4 is 15.9 Å². The minimum atomic E-state index is -0.262. The summed E-state index contributed by atoms with van der Waals surface area (Å²) < 4.78 is 19.8. The summed E-state index contributed by atoms with van der Waals surface area (Å²) in [5, 5.41) is 3.45. The molecule has 0 aliphatic carbocycles. The van der Waals surface area contributed by atoms with Gasteiger partial charge in [0.2, 0.25) is 0 Å². The summed E-state index contributed by atoms with van der Waals surface area (Å²) >= 11 is 3.33. The van der Waals surface area contributed by atoms with Crippen LogP contribution in [0.25, 0.3) is 0 Å². The number of nitrogens with one attached hydrogen (secondary N) is 1. The molecule has 0 heterocycles. The van der Waals surface area contributed by atoms with E-state index < -0.39 is 0 Å². The summed E-state index contributed by atoms with van der Waals surface area (Å²) in [6, 6.07) is 5.30. The molecule has 1 aromatic rings. The monoisotopic (exact) mass is 331 g/mol. The lowest BCUT2D eigenvalue weighted by atomic mass is 9.88. The number of halogens is 2. The fourth-order valence-electron chi connectivity index (χ4n) is 2.21. The highest BCUT2D eigenvalue weighted by Crippen LogP contribution is 2.27. The quantitative estimate of drug-likeness (QED) is 0.817. The maximum Gasteiger partial charge on any atom is 0.137 e. The van der Waals surface area contributed by atoms with E-state index in [1.54, 1.807) is 13.2 Å². The van der Waals surface area contributed by atoms with Gasteiger partial charge in [0, 0.05) is 13.2 Å². The van der Waals surface area contributed by atoms with Crippen molar-refractivity contribution in [1.82, 2.24) is 5.32 Å². The zero-order valence-electron chi connectivity index (χ0n) is 12.1. The molecule has 0 fully saturated rings. The van der Waals surface area contributed by atoms with Crippen LogP contribution in [0.5, 0.6) is 0 Å². The molecule has 4 heteroatoms. The predicted molar refractivity (Wildman–Crippen MR) is 81.0 cm³/mol. The molecule has 2 nitrogen and oxygen atoms in total. The molecule has 19 heavy (non-hydrogen) atoms. The Hall–Kier alpha value is -0.450. The SMILES string of the molecule is CCNC(Cc1cccc(F)c1Br)C(C)(CC)OC. The standard InChI is InChI=1S/C15H23BrFNO/c1-5-15(3,19-4)13(18-6-2)10-11-8-7-9-12(17)14(11)16/h7-9,13,18H,5-6,10H2,1-4H3. The van der Waals surface area contributed by atoms with Crippen LogP contribution in [-0.2, 0) is 11.2 Å². The van der Waals surface area contributed by atoms with Gasteiger partial charge in [-0.05, 0) is 53.9 Å². The first kappa shape index (κ1) is 16.6. The number of ether oxygens (including phenoxy) is 1. The van der Waals surface area contributed by atoms with E-state index in [9.17, 15) is 4.39 Å². The molecule has 1 N–H and O–H groups in total. The second-order valence-corrected chi connectivity index (χ2v) is 5.69. The van der Waals surface area contributed by atoms with Crippen LogP contribution in [0.4, 0.5) is 4.39 Å². The van der Waals surface area contributed by atoms with E-state index >= 15 is 0 Å². The molecule has 0 saturated heterocycles. The second-order valence-electron chi connectivity index (χ2n) is 4.90. The maximum absolute atomic E-state index is 13.6. The highest BCUT2D eigenvalue weighted by molar-refractivity contribution is 9.10. The van der Waals surface area contributed by atoms with E-state index in [4.69, 9.17) is 4.74 Å². The lowest BCUT2D eigenvalue weighted by Gasteiger charge is -2.36. The van der Waals surface area contributed by atoms with Gasteiger partial charge in [-0.15, -0.1) is 0 Å². The summed E-state index contributed by atoms with van der Waals surface area (Å²) in [5.41, 5.74) is 0.699. The van der Waals surface area contributed by atoms with Gasteiger partial charge in [-0.1, -0.05) is 26.0 Å². The number of methoxy groups -OCH3 is 1. The number of likely N-dealkylation sites (N-methyl/N-ethyl adjacent to an activating group) is 1. The Morgan fingerprint density at radius 1 is 1.42 bits per heavy atom. The highest BCUT2D eigenvalue weighted by atomic mass is 79.9. The zero-order valence-corrected chi connectivity index (χ0v) is 13.7. The largest absolute Gasteiger partial charge is 0.377 e. The van der Waals surface area contributed by atoms with Gasteiger partial charge >= 0.3 is 0 Å². The topological polar surface area (TPSA) is 21.3 Å². The minimum Gasteiger partial charge on any atom is -0.377 e. The van der Waals surface area contributed by atoms with E-state index in [0.717, 1.165) is 24.9 Å².